The molecule has 9 heteroatoms. The SMILES string of the molecule is Cc1ccccc1-n1cnc2c1CCN(c1cnn(PI)c(=O)c1Cl)C2. The molecule has 1 atom stereocenters. The number of benzene rings is 1. The van der Waals surface area contributed by atoms with E-state index in [2.05, 4.69) is 60.6 Å². The van der Waals surface area contributed by atoms with Crippen molar-refractivity contribution < 1.29 is 0 Å². The Morgan fingerprint density at radius 3 is 2.85 bits per heavy atom. The van der Waals surface area contributed by atoms with Gasteiger partial charge in [0, 0.05) is 24.3 Å². The number of aryl methyl sites for hydroxylation is 1. The third kappa shape index (κ3) is 3.06. The Balaban J connectivity index is 1.67. The average Bonchev–Trinajstić information content (AvgIpc) is 3.07. The lowest BCUT2D eigenvalue weighted by molar-refractivity contribution is 0.693. The van der Waals surface area contributed by atoms with Crippen LogP contribution in [0.5, 0.6) is 0 Å². The molecule has 0 amide bonds. The fourth-order valence-electron chi connectivity index (χ4n) is 3.26. The summed E-state index contributed by atoms with van der Waals surface area (Å²) in [4.78, 5) is 18.9. The standard InChI is InChI=1S/C17H16ClIN5OP/c1-11-4-2-3-5-13(11)23-10-20-12-9-22(7-6-14(12)23)15-8-21-24(26-19)17(25)16(15)18/h2-5,8,10,26H,6-7,9H2,1H3. The summed E-state index contributed by atoms with van der Waals surface area (Å²) in [6.45, 7) is 3.48. The quantitative estimate of drug-likeness (QED) is 0.407. The number of aromatic nitrogens is 4. The molecule has 0 saturated heterocycles. The Bertz CT molecular complexity index is 1030. The average molecular weight is 500 g/mol. The lowest BCUT2D eigenvalue weighted by Crippen LogP contribution is -2.33. The van der Waals surface area contributed by atoms with Crippen molar-refractivity contribution >= 4 is 45.7 Å². The zero-order valence-corrected chi connectivity index (χ0v) is 17.9. The second-order valence-corrected chi connectivity index (χ2v) is 8.53. The van der Waals surface area contributed by atoms with Crippen molar-refractivity contribution in [3.05, 3.63) is 69.1 Å². The van der Waals surface area contributed by atoms with Gasteiger partial charge in [0.25, 0.3) is 5.56 Å². The van der Waals surface area contributed by atoms with E-state index >= 15 is 0 Å². The van der Waals surface area contributed by atoms with Crippen LogP contribution in [0, 0.1) is 6.92 Å². The van der Waals surface area contributed by atoms with Crippen LogP contribution >= 0.6 is 40.0 Å². The van der Waals surface area contributed by atoms with Gasteiger partial charge in [-0.3, -0.25) is 4.79 Å². The second kappa shape index (κ2) is 7.29. The fourth-order valence-corrected chi connectivity index (χ4v) is 4.90. The molecule has 4 rings (SSSR count). The van der Waals surface area contributed by atoms with Crippen LogP contribution in [0.25, 0.3) is 5.69 Å². The van der Waals surface area contributed by atoms with E-state index in [0.717, 1.165) is 24.3 Å². The molecule has 0 N–H and O–H groups in total. The summed E-state index contributed by atoms with van der Waals surface area (Å²) in [5.74, 6) is 0. The molecule has 0 bridgehead atoms. The van der Waals surface area contributed by atoms with Crippen LogP contribution in [0.2, 0.25) is 5.02 Å². The van der Waals surface area contributed by atoms with Gasteiger partial charge in [-0.15, -0.1) is 0 Å². The molecule has 0 spiro atoms. The van der Waals surface area contributed by atoms with Crippen LogP contribution in [0.3, 0.4) is 0 Å². The van der Waals surface area contributed by atoms with Crippen molar-refractivity contribution in [1.82, 2.24) is 19.1 Å². The third-order valence-electron chi connectivity index (χ3n) is 4.61. The van der Waals surface area contributed by atoms with E-state index in [4.69, 9.17) is 11.6 Å². The molecule has 1 aromatic carbocycles. The number of hydrogen-bond acceptors (Lipinski definition) is 4. The molecular formula is C17H16ClIN5OP. The third-order valence-corrected chi connectivity index (χ3v) is 6.81. The molecule has 2 aromatic heterocycles. The van der Waals surface area contributed by atoms with Gasteiger partial charge in [-0.1, -0.05) is 29.8 Å². The maximum atomic E-state index is 12.3. The summed E-state index contributed by atoms with van der Waals surface area (Å²) in [5.41, 5.74) is 5.02. The van der Waals surface area contributed by atoms with Crippen LogP contribution in [0.15, 0.2) is 41.6 Å². The first-order valence-corrected chi connectivity index (χ1v) is 12.5. The molecule has 3 heterocycles. The number of anilines is 1. The van der Waals surface area contributed by atoms with E-state index < -0.39 is 0 Å². The number of imidazole rings is 1. The number of nitrogens with zero attached hydrogens (tertiary/aromatic N) is 5. The molecule has 1 unspecified atom stereocenters. The number of hydrogen-bond donors (Lipinski definition) is 0. The maximum Gasteiger partial charge on any atom is 0.291 e. The summed E-state index contributed by atoms with van der Waals surface area (Å²) in [5, 5.41) is 4.44. The first kappa shape index (κ1) is 17.9. The molecule has 26 heavy (non-hydrogen) atoms. The van der Waals surface area contributed by atoms with E-state index in [-0.39, 0.29) is 17.0 Å². The molecule has 134 valence electrons. The summed E-state index contributed by atoms with van der Waals surface area (Å²) < 4.78 is 3.55. The summed E-state index contributed by atoms with van der Waals surface area (Å²) >= 11 is 8.44. The number of halogens is 2. The van der Waals surface area contributed by atoms with E-state index in [9.17, 15) is 4.79 Å². The molecule has 6 nitrogen and oxygen atoms in total. The summed E-state index contributed by atoms with van der Waals surface area (Å²) in [6, 6.07) is 8.29. The van der Waals surface area contributed by atoms with Gasteiger partial charge < -0.3 is 9.47 Å². The fraction of sp³-hybridized carbons (Fsp3) is 0.235. The zero-order valence-electron chi connectivity index (χ0n) is 14.0. The van der Waals surface area contributed by atoms with E-state index in [0.29, 0.717) is 12.2 Å². The van der Waals surface area contributed by atoms with Gasteiger partial charge in [-0.05, 0) is 40.6 Å². The van der Waals surface area contributed by atoms with Gasteiger partial charge in [0.05, 0.1) is 36.8 Å². The Kier molecular flexibility index (Phi) is 5.03. The van der Waals surface area contributed by atoms with Crippen LogP contribution in [-0.4, -0.2) is 25.6 Å². The second-order valence-electron chi connectivity index (χ2n) is 6.11. The van der Waals surface area contributed by atoms with Crippen LogP contribution in [-0.2, 0) is 13.0 Å². The van der Waals surface area contributed by atoms with E-state index in [1.807, 2.05) is 18.5 Å². The monoisotopic (exact) mass is 499 g/mol. The summed E-state index contributed by atoms with van der Waals surface area (Å²) in [7, 11) is 0. The highest BCUT2D eigenvalue weighted by Crippen LogP contribution is 2.30. The molecular weight excluding hydrogens is 484 g/mol. The highest BCUT2D eigenvalue weighted by atomic mass is 127. The Morgan fingerprint density at radius 1 is 1.27 bits per heavy atom. The predicted molar refractivity (Wildman–Crippen MR) is 114 cm³/mol. The molecule has 0 aliphatic carbocycles. The van der Waals surface area contributed by atoms with Crippen LogP contribution in [0.4, 0.5) is 5.69 Å². The van der Waals surface area contributed by atoms with Crippen LogP contribution < -0.4 is 10.5 Å². The predicted octanol–water partition coefficient (Wildman–Crippen LogP) is 3.75. The van der Waals surface area contributed by atoms with Crippen molar-refractivity contribution in [3.8, 4) is 5.69 Å². The van der Waals surface area contributed by atoms with Crippen molar-refractivity contribution in [2.45, 2.75) is 19.9 Å². The van der Waals surface area contributed by atoms with Crippen molar-refractivity contribution in [2.75, 3.05) is 11.4 Å². The summed E-state index contributed by atoms with van der Waals surface area (Å²) in [6.07, 6.45) is 4.62. The molecule has 0 saturated carbocycles. The molecule has 3 aromatic rings. The molecule has 0 fully saturated rings. The lowest BCUT2D eigenvalue weighted by atomic mass is 10.1. The van der Waals surface area contributed by atoms with Gasteiger partial charge in [0.1, 0.15) is 5.02 Å². The van der Waals surface area contributed by atoms with Gasteiger partial charge in [-0.25, -0.2) is 9.44 Å². The molecule has 0 radical (unpaired) electrons. The number of rotatable bonds is 3. The highest BCUT2D eigenvalue weighted by Gasteiger charge is 2.24. The first-order valence-electron chi connectivity index (χ1n) is 8.10. The maximum absolute atomic E-state index is 12.3. The van der Waals surface area contributed by atoms with Gasteiger partial charge >= 0.3 is 0 Å². The molecule has 1 aliphatic heterocycles. The minimum absolute atomic E-state index is 0.228. The Morgan fingerprint density at radius 2 is 2.08 bits per heavy atom. The molecule has 1 aliphatic rings. The van der Waals surface area contributed by atoms with Gasteiger partial charge in [-0.2, -0.15) is 5.10 Å². The Hall–Kier alpha value is -1.44. The smallest absolute Gasteiger partial charge is 0.291 e. The van der Waals surface area contributed by atoms with Crippen molar-refractivity contribution in [2.24, 2.45) is 0 Å². The Labute approximate surface area is 170 Å². The topological polar surface area (TPSA) is 56.0 Å². The van der Waals surface area contributed by atoms with E-state index in [1.54, 1.807) is 6.20 Å². The van der Waals surface area contributed by atoms with Gasteiger partial charge in [0.2, 0.25) is 0 Å². The number of fused-ring (bicyclic) bond motifs is 1. The van der Waals surface area contributed by atoms with Crippen molar-refractivity contribution in [3.63, 3.8) is 0 Å². The van der Waals surface area contributed by atoms with Crippen molar-refractivity contribution in [1.29, 1.82) is 0 Å². The minimum atomic E-state index is -0.242. The minimum Gasteiger partial charge on any atom is -0.362 e. The number of para-hydroxylation sites is 1. The largest absolute Gasteiger partial charge is 0.362 e. The normalized spacial score (nSPS) is 14.2. The highest BCUT2D eigenvalue weighted by molar-refractivity contribution is 14.2. The van der Waals surface area contributed by atoms with E-state index in [1.165, 1.54) is 15.7 Å². The zero-order chi connectivity index (χ0) is 18.3. The lowest BCUT2D eigenvalue weighted by Gasteiger charge is -2.29. The first-order chi connectivity index (χ1) is 12.6. The van der Waals surface area contributed by atoms with Gasteiger partial charge in [0.15, 0.2) is 0 Å². The van der Waals surface area contributed by atoms with Crippen LogP contribution in [0.1, 0.15) is 17.0 Å².